The molecule has 0 saturated carbocycles. The highest BCUT2D eigenvalue weighted by Crippen LogP contribution is 2.25. The summed E-state index contributed by atoms with van der Waals surface area (Å²) in [6.45, 7) is 2.19. The summed E-state index contributed by atoms with van der Waals surface area (Å²) < 4.78 is 0. The summed E-state index contributed by atoms with van der Waals surface area (Å²) in [6.07, 6.45) is 3.94. The first-order valence-corrected chi connectivity index (χ1v) is 6.29. The molecule has 0 aliphatic carbocycles. The summed E-state index contributed by atoms with van der Waals surface area (Å²) in [4.78, 5) is 4.44. The predicted molar refractivity (Wildman–Crippen MR) is 73.6 cm³/mol. The number of hydrogen-bond donors (Lipinski definition) is 1. The van der Waals surface area contributed by atoms with E-state index >= 15 is 0 Å². The Morgan fingerprint density at radius 2 is 2.18 bits per heavy atom. The van der Waals surface area contributed by atoms with Crippen LogP contribution < -0.4 is 5.32 Å². The summed E-state index contributed by atoms with van der Waals surface area (Å²) in [6, 6.07) is 8.51. The molecule has 0 saturated heterocycles. The molecular formula is C14H17ClN2. The molecule has 17 heavy (non-hydrogen) atoms. The van der Waals surface area contributed by atoms with E-state index in [1.807, 2.05) is 31.4 Å². The number of aromatic nitrogens is 1. The van der Waals surface area contributed by atoms with Crippen molar-refractivity contribution >= 4 is 22.5 Å². The smallest absolute Gasteiger partial charge is 0.0748 e. The lowest BCUT2D eigenvalue weighted by molar-refractivity contribution is 0.566. The normalized spacial score (nSPS) is 12.9. The molecule has 0 fully saturated rings. The summed E-state index contributed by atoms with van der Waals surface area (Å²) in [7, 11) is 1.99. The van der Waals surface area contributed by atoms with Crippen molar-refractivity contribution in [2.45, 2.75) is 25.8 Å². The third-order valence-electron chi connectivity index (χ3n) is 3.14. The maximum atomic E-state index is 6.17. The maximum Gasteiger partial charge on any atom is 0.0748 e. The number of hydrogen-bond acceptors (Lipinski definition) is 2. The molecule has 2 nitrogen and oxygen atoms in total. The van der Waals surface area contributed by atoms with Crippen LogP contribution in [0.25, 0.3) is 10.9 Å². The first-order valence-electron chi connectivity index (χ1n) is 5.91. The van der Waals surface area contributed by atoms with Crippen LogP contribution >= 0.6 is 11.6 Å². The largest absolute Gasteiger partial charge is 0.317 e. The van der Waals surface area contributed by atoms with Gasteiger partial charge in [0.1, 0.15) is 0 Å². The highest BCUT2D eigenvalue weighted by atomic mass is 35.5. The van der Waals surface area contributed by atoms with E-state index in [1.165, 1.54) is 5.56 Å². The van der Waals surface area contributed by atoms with Crippen molar-refractivity contribution < 1.29 is 0 Å². The van der Waals surface area contributed by atoms with Gasteiger partial charge in [-0.1, -0.05) is 17.7 Å². The number of nitrogens with one attached hydrogen (secondary N) is 1. The average molecular weight is 249 g/mol. The van der Waals surface area contributed by atoms with Gasteiger partial charge < -0.3 is 5.32 Å². The molecule has 1 heterocycles. The van der Waals surface area contributed by atoms with Crippen molar-refractivity contribution in [3.8, 4) is 0 Å². The van der Waals surface area contributed by atoms with Crippen LogP contribution in [-0.4, -0.2) is 18.1 Å². The molecule has 1 N–H and O–H groups in total. The van der Waals surface area contributed by atoms with Gasteiger partial charge in [0.25, 0.3) is 0 Å². The molecule has 0 bridgehead atoms. The van der Waals surface area contributed by atoms with Crippen LogP contribution in [0.4, 0.5) is 0 Å². The number of aryl methyl sites for hydroxylation is 1. The van der Waals surface area contributed by atoms with Gasteiger partial charge in [-0.25, -0.2) is 0 Å². The molecule has 1 atom stereocenters. The lowest BCUT2D eigenvalue weighted by atomic mass is 10.0. The van der Waals surface area contributed by atoms with E-state index in [0.29, 0.717) is 6.04 Å². The minimum absolute atomic E-state index is 0.518. The van der Waals surface area contributed by atoms with Crippen molar-refractivity contribution in [2.24, 2.45) is 0 Å². The zero-order valence-corrected chi connectivity index (χ0v) is 11.0. The zero-order valence-electron chi connectivity index (χ0n) is 10.2. The number of benzene rings is 1. The van der Waals surface area contributed by atoms with Crippen LogP contribution in [-0.2, 0) is 6.42 Å². The third kappa shape index (κ3) is 2.76. The monoisotopic (exact) mass is 248 g/mol. The molecule has 0 radical (unpaired) electrons. The molecule has 1 aromatic carbocycles. The molecule has 2 rings (SSSR count). The van der Waals surface area contributed by atoms with Crippen LogP contribution in [0.2, 0.25) is 5.02 Å². The molecule has 3 heteroatoms. The Hall–Kier alpha value is -1.12. The highest BCUT2D eigenvalue weighted by molar-refractivity contribution is 6.35. The van der Waals surface area contributed by atoms with E-state index in [2.05, 4.69) is 23.3 Å². The first kappa shape index (κ1) is 12.3. The van der Waals surface area contributed by atoms with Gasteiger partial charge in [0, 0.05) is 22.6 Å². The first-order chi connectivity index (χ1) is 8.22. The fraction of sp³-hybridized carbons (Fsp3) is 0.357. The molecule has 2 aromatic rings. The van der Waals surface area contributed by atoms with Crippen molar-refractivity contribution in [3.05, 3.63) is 41.0 Å². The number of pyridine rings is 1. The summed E-state index contributed by atoms with van der Waals surface area (Å²) in [5, 5.41) is 5.07. The zero-order chi connectivity index (χ0) is 12.3. The van der Waals surface area contributed by atoms with Crippen molar-refractivity contribution in [1.29, 1.82) is 0 Å². The number of halogens is 1. The van der Waals surface area contributed by atoms with E-state index < -0.39 is 0 Å². The summed E-state index contributed by atoms with van der Waals surface area (Å²) in [5.74, 6) is 0. The standard InChI is InChI=1S/C14H17ClN2/c1-10(16-2)5-6-11-7-8-13(15)12-4-3-9-17-14(11)12/h3-4,7-10,16H,5-6H2,1-2H3. The molecule has 0 aliphatic rings. The second-order valence-electron chi connectivity index (χ2n) is 4.33. The van der Waals surface area contributed by atoms with Crippen molar-refractivity contribution in [2.75, 3.05) is 7.05 Å². The van der Waals surface area contributed by atoms with E-state index in [-0.39, 0.29) is 0 Å². The highest BCUT2D eigenvalue weighted by Gasteiger charge is 2.06. The van der Waals surface area contributed by atoms with Crippen LogP contribution in [0.5, 0.6) is 0 Å². The van der Waals surface area contributed by atoms with Gasteiger partial charge in [-0.3, -0.25) is 4.98 Å². The second kappa shape index (κ2) is 5.48. The van der Waals surface area contributed by atoms with Gasteiger partial charge in [-0.2, -0.15) is 0 Å². The fourth-order valence-electron chi connectivity index (χ4n) is 1.91. The molecular weight excluding hydrogens is 232 g/mol. The molecule has 0 aliphatic heterocycles. The van der Waals surface area contributed by atoms with Gasteiger partial charge in [-0.15, -0.1) is 0 Å². The van der Waals surface area contributed by atoms with E-state index in [4.69, 9.17) is 11.6 Å². The van der Waals surface area contributed by atoms with Crippen LogP contribution in [0, 0.1) is 0 Å². The maximum absolute atomic E-state index is 6.17. The van der Waals surface area contributed by atoms with Gasteiger partial charge >= 0.3 is 0 Å². The molecule has 0 spiro atoms. The van der Waals surface area contributed by atoms with E-state index in [9.17, 15) is 0 Å². The fourth-order valence-corrected chi connectivity index (χ4v) is 2.13. The van der Waals surface area contributed by atoms with Gasteiger partial charge in [0.15, 0.2) is 0 Å². The quantitative estimate of drug-likeness (QED) is 0.897. The number of rotatable bonds is 4. The Kier molecular flexibility index (Phi) is 3.97. The average Bonchev–Trinajstić information content (AvgIpc) is 2.38. The Labute approximate surface area is 107 Å². The summed E-state index contributed by atoms with van der Waals surface area (Å²) >= 11 is 6.17. The lowest BCUT2D eigenvalue weighted by Gasteiger charge is -2.11. The van der Waals surface area contributed by atoms with E-state index in [1.54, 1.807) is 0 Å². The van der Waals surface area contributed by atoms with Crippen LogP contribution in [0.15, 0.2) is 30.5 Å². The van der Waals surface area contributed by atoms with Gasteiger partial charge in [-0.05, 0) is 50.6 Å². The predicted octanol–water partition coefficient (Wildman–Crippen LogP) is 3.43. The Morgan fingerprint density at radius 1 is 1.35 bits per heavy atom. The third-order valence-corrected chi connectivity index (χ3v) is 3.47. The molecule has 1 unspecified atom stereocenters. The Balaban J connectivity index is 2.32. The number of nitrogens with zero attached hydrogens (tertiary/aromatic N) is 1. The molecule has 90 valence electrons. The van der Waals surface area contributed by atoms with Crippen LogP contribution in [0.1, 0.15) is 18.9 Å². The van der Waals surface area contributed by atoms with Crippen molar-refractivity contribution in [1.82, 2.24) is 10.3 Å². The van der Waals surface area contributed by atoms with Crippen molar-refractivity contribution in [3.63, 3.8) is 0 Å². The Bertz CT molecular complexity index is 511. The molecule has 0 amide bonds. The minimum atomic E-state index is 0.518. The second-order valence-corrected chi connectivity index (χ2v) is 4.74. The Morgan fingerprint density at radius 3 is 2.94 bits per heavy atom. The van der Waals surface area contributed by atoms with Crippen LogP contribution in [0.3, 0.4) is 0 Å². The topological polar surface area (TPSA) is 24.9 Å². The summed E-state index contributed by atoms with van der Waals surface area (Å²) in [5.41, 5.74) is 2.30. The number of fused-ring (bicyclic) bond motifs is 1. The van der Waals surface area contributed by atoms with Gasteiger partial charge in [0.2, 0.25) is 0 Å². The molecule has 1 aromatic heterocycles. The van der Waals surface area contributed by atoms with E-state index in [0.717, 1.165) is 28.8 Å². The lowest BCUT2D eigenvalue weighted by Crippen LogP contribution is -2.21. The van der Waals surface area contributed by atoms with Gasteiger partial charge in [0.05, 0.1) is 5.52 Å². The SMILES string of the molecule is CNC(C)CCc1ccc(Cl)c2cccnc12. The minimum Gasteiger partial charge on any atom is -0.317 e.